The lowest BCUT2D eigenvalue weighted by atomic mass is 9.77. The molecule has 0 spiro atoms. The molecule has 0 unspecified atom stereocenters. The SMILES string of the molecule is COC(=O)C1CCC(c2ccc(C3CCC(C)CC3)cc2)CC1. The number of carbonyl (C=O) groups is 1. The molecular formula is C21H30O2. The lowest BCUT2D eigenvalue weighted by Gasteiger charge is -2.28. The van der Waals surface area contributed by atoms with Crippen LogP contribution in [0.3, 0.4) is 0 Å². The van der Waals surface area contributed by atoms with E-state index in [1.807, 2.05) is 0 Å². The van der Waals surface area contributed by atoms with E-state index in [4.69, 9.17) is 4.74 Å². The molecule has 2 heteroatoms. The molecule has 1 aromatic carbocycles. The van der Waals surface area contributed by atoms with E-state index >= 15 is 0 Å². The van der Waals surface area contributed by atoms with Crippen LogP contribution in [0.2, 0.25) is 0 Å². The average Bonchev–Trinajstić information content (AvgIpc) is 2.62. The molecule has 0 heterocycles. The lowest BCUT2D eigenvalue weighted by molar-refractivity contribution is -0.146. The third-order valence-electron chi connectivity index (χ3n) is 6.16. The zero-order chi connectivity index (χ0) is 16.2. The van der Waals surface area contributed by atoms with E-state index in [0.717, 1.165) is 37.5 Å². The number of hydrogen-bond donors (Lipinski definition) is 0. The van der Waals surface area contributed by atoms with Gasteiger partial charge in [-0.2, -0.15) is 0 Å². The molecule has 3 rings (SSSR count). The molecule has 0 amide bonds. The highest BCUT2D eigenvalue weighted by Crippen LogP contribution is 2.38. The topological polar surface area (TPSA) is 26.3 Å². The summed E-state index contributed by atoms with van der Waals surface area (Å²) in [7, 11) is 1.50. The lowest BCUT2D eigenvalue weighted by Crippen LogP contribution is -2.22. The first kappa shape index (κ1) is 16.5. The Kier molecular flexibility index (Phi) is 5.40. The van der Waals surface area contributed by atoms with E-state index in [0.29, 0.717) is 5.92 Å². The van der Waals surface area contributed by atoms with Gasteiger partial charge in [-0.15, -0.1) is 0 Å². The summed E-state index contributed by atoms with van der Waals surface area (Å²) in [5, 5.41) is 0. The van der Waals surface area contributed by atoms with Gasteiger partial charge < -0.3 is 4.74 Å². The largest absolute Gasteiger partial charge is 0.469 e. The second kappa shape index (κ2) is 7.51. The van der Waals surface area contributed by atoms with Crippen molar-refractivity contribution in [3.05, 3.63) is 35.4 Å². The van der Waals surface area contributed by atoms with Gasteiger partial charge >= 0.3 is 5.97 Å². The minimum atomic E-state index is -0.0228. The van der Waals surface area contributed by atoms with Crippen LogP contribution >= 0.6 is 0 Å². The second-order valence-corrected chi connectivity index (χ2v) is 7.70. The quantitative estimate of drug-likeness (QED) is 0.696. The molecule has 0 bridgehead atoms. The van der Waals surface area contributed by atoms with Crippen LogP contribution in [-0.2, 0) is 9.53 Å². The Balaban J connectivity index is 1.57. The highest BCUT2D eigenvalue weighted by Gasteiger charge is 2.27. The Labute approximate surface area is 140 Å². The van der Waals surface area contributed by atoms with E-state index in [2.05, 4.69) is 31.2 Å². The first-order valence-electron chi connectivity index (χ1n) is 9.35. The summed E-state index contributed by atoms with van der Waals surface area (Å²) in [6, 6.07) is 9.41. The first-order chi connectivity index (χ1) is 11.2. The van der Waals surface area contributed by atoms with E-state index in [1.165, 1.54) is 43.9 Å². The smallest absolute Gasteiger partial charge is 0.308 e. The fourth-order valence-electron chi connectivity index (χ4n) is 4.46. The van der Waals surface area contributed by atoms with Crippen molar-refractivity contribution >= 4 is 5.97 Å². The van der Waals surface area contributed by atoms with Gasteiger partial charge in [0.25, 0.3) is 0 Å². The van der Waals surface area contributed by atoms with Crippen molar-refractivity contribution in [3.8, 4) is 0 Å². The van der Waals surface area contributed by atoms with Gasteiger partial charge in [-0.3, -0.25) is 4.79 Å². The van der Waals surface area contributed by atoms with Gasteiger partial charge in [0.05, 0.1) is 13.0 Å². The van der Waals surface area contributed by atoms with Crippen LogP contribution in [0.1, 0.15) is 81.3 Å². The minimum absolute atomic E-state index is 0.0228. The molecule has 2 nitrogen and oxygen atoms in total. The van der Waals surface area contributed by atoms with E-state index in [-0.39, 0.29) is 11.9 Å². The zero-order valence-electron chi connectivity index (χ0n) is 14.6. The van der Waals surface area contributed by atoms with Gasteiger partial charge in [0.2, 0.25) is 0 Å². The molecule has 126 valence electrons. The molecule has 2 aliphatic carbocycles. The monoisotopic (exact) mass is 314 g/mol. The van der Waals surface area contributed by atoms with Gasteiger partial charge in [0, 0.05) is 0 Å². The summed E-state index contributed by atoms with van der Waals surface area (Å²) in [6.07, 6.45) is 9.63. The Morgan fingerprint density at radius 1 is 0.826 bits per heavy atom. The number of carbonyl (C=O) groups excluding carboxylic acids is 1. The number of hydrogen-bond acceptors (Lipinski definition) is 2. The Hall–Kier alpha value is -1.31. The van der Waals surface area contributed by atoms with Gasteiger partial charge in [0.15, 0.2) is 0 Å². The first-order valence-corrected chi connectivity index (χ1v) is 9.35. The van der Waals surface area contributed by atoms with Gasteiger partial charge in [-0.25, -0.2) is 0 Å². The number of ether oxygens (including phenoxy) is 1. The van der Waals surface area contributed by atoms with Crippen LogP contribution in [0, 0.1) is 11.8 Å². The Morgan fingerprint density at radius 3 is 1.70 bits per heavy atom. The summed E-state index contributed by atoms with van der Waals surface area (Å²) >= 11 is 0. The van der Waals surface area contributed by atoms with Crippen molar-refractivity contribution in [2.45, 2.75) is 70.1 Å². The van der Waals surface area contributed by atoms with Crippen LogP contribution in [0.25, 0.3) is 0 Å². The van der Waals surface area contributed by atoms with E-state index < -0.39 is 0 Å². The van der Waals surface area contributed by atoms with Crippen molar-refractivity contribution in [1.82, 2.24) is 0 Å². The average molecular weight is 314 g/mol. The van der Waals surface area contributed by atoms with Crippen molar-refractivity contribution < 1.29 is 9.53 Å². The normalized spacial score (nSPS) is 31.6. The molecule has 2 fully saturated rings. The number of methoxy groups -OCH3 is 1. The van der Waals surface area contributed by atoms with Gasteiger partial charge in [-0.1, -0.05) is 44.0 Å². The highest BCUT2D eigenvalue weighted by molar-refractivity contribution is 5.72. The highest BCUT2D eigenvalue weighted by atomic mass is 16.5. The van der Waals surface area contributed by atoms with Gasteiger partial charge in [-0.05, 0) is 67.4 Å². The van der Waals surface area contributed by atoms with Crippen molar-refractivity contribution in [1.29, 1.82) is 0 Å². The third kappa shape index (κ3) is 3.97. The van der Waals surface area contributed by atoms with Gasteiger partial charge in [0.1, 0.15) is 0 Å². The van der Waals surface area contributed by atoms with Crippen molar-refractivity contribution in [3.63, 3.8) is 0 Å². The summed E-state index contributed by atoms with van der Waals surface area (Å²) in [6.45, 7) is 2.38. The number of rotatable bonds is 3. The predicted molar refractivity (Wildman–Crippen MR) is 93.5 cm³/mol. The maximum Gasteiger partial charge on any atom is 0.308 e. The molecule has 1 aromatic rings. The molecule has 0 saturated heterocycles. The molecule has 0 N–H and O–H groups in total. The van der Waals surface area contributed by atoms with Crippen LogP contribution in [-0.4, -0.2) is 13.1 Å². The van der Waals surface area contributed by atoms with E-state index in [9.17, 15) is 4.79 Å². The second-order valence-electron chi connectivity index (χ2n) is 7.70. The molecule has 0 atom stereocenters. The molecule has 2 saturated carbocycles. The maximum atomic E-state index is 11.6. The number of benzene rings is 1. The molecule has 2 aliphatic rings. The van der Waals surface area contributed by atoms with Crippen LogP contribution in [0.15, 0.2) is 24.3 Å². The third-order valence-corrected chi connectivity index (χ3v) is 6.16. The van der Waals surface area contributed by atoms with Crippen LogP contribution in [0.5, 0.6) is 0 Å². The summed E-state index contributed by atoms with van der Waals surface area (Å²) in [5.74, 6) is 2.41. The Bertz CT molecular complexity index is 503. The van der Waals surface area contributed by atoms with Crippen molar-refractivity contribution in [2.75, 3.05) is 7.11 Å². The predicted octanol–water partition coefficient (Wildman–Crippen LogP) is 5.43. The van der Waals surface area contributed by atoms with Crippen molar-refractivity contribution in [2.24, 2.45) is 11.8 Å². The van der Waals surface area contributed by atoms with Crippen LogP contribution in [0.4, 0.5) is 0 Å². The fourth-order valence-corrected chi connectivity index (χ4v) is 4.46. The summed E-state index contributed by atoms with van der Waals surface area (Å²) in [5.41, 5.74) is 2.99. The molecular weight excluding hydrogens is 284 g/mol. The summed E-state index contributed by atoms with van der Waals surface area (Å²) in [4.78, 5) is 11.6. The number of esters is 1. The maximum absolute atomic E-state index is 11.6. The molecule has 0 aliphatic heterocycles. The van der Waals surface area contributed by atoms with Crippen LogP contribution < -0.4 is 0 Å². The summed E-state index contributed by atoms with van der Waals surface area (Å²) < 4.78 is 4.88. The fraction of sp³-hybridized carbons (Fsp3) is 0.667. The van der Waals surface area contributed by atoms with E-state index in [1.54, 1.807) is 0 Å². The molecule has 0 radical (unpaired) electrons. The Morgan fingerprint density at radius 2 is 1.26 bits per heavy atom. The molecule has 23 heavy (non-hydrogen) atoms. The molecule has 0 aromatic heterocycles. The zero-order valence-corrected chi connectivity index (χ0v) is 14.6. The standard InChI is InChI=1S/C21H30O2/c1-15-3-5-16(6-4-15)17-7-9-18(10-8-17)19-11-13-20(14-12-19)21(22)23-2/h7-10,15-16,19-20H,3-6,11-14H2,1-2H3. The minimum Gasteiger partial charge on any atom is -0.469 e.